The van der Waals surface area contributed by atoms with Gasteiger partial charge in [0, 0.05) is 22.0 Å². The van der Waals surface area contributed by atoms with Gasteiger partial charge in [-0.15, -0.1) is 0 Å². The Morgan fingerprint density at radius 1 is 1.40 bits per heavy atom. The molecule has 0 aliphatic carbocycles. The van der Waals surface area contributed by atoms with Crippen LogP contribution in [-0.4, -0.2) is 9.55 Å². The molecule has 20 heavy (non-hydrogen) atoms. The van der Waals surface area contributed by atoms with Crippen molar-refractivity contribution in [1.82, 2.24) is 9.55 Å². The predicted octanol–water partition coefficient (Wildman–Crippen LogP) is 3.97. The molecule has 0 atom stereocenters. The second kappa shape index (κ2) is 6.06. The lowest BCUT2D eigenvalue weighted by Crippen LogP contribution is -2.26. The van der Waals surface area contributed by atoms with Gasteiger partial charge in [0.1, 0.15) is 16.8 Å². The molecule has 0 saturated carbocycles. The molecule has 1 heterocycles. The van der Waals surface area contributed by atoms with Crippen molar-refractivity contribution in [3.63, 3.8) is 0 Å². The average Bonchev–Trinajstić information content (AvgIpc) is 2.36. The van der Waals surface area contributed by atoms with Crippen molar-refractivity contribution in [2.45, 2.75) is 26.3 Å². The maximum atomic E-state index is 13.8. The van der Waals surface area contributed by atoms with Crippen LogP contribution in [0.25, 0.3) is 0 Å². The summed E-state index contributed by atoms with van der Waals surface area (Å²) in [4.78, 5) is 16.2. The highest BCUT2D eigenvalue weighted by Gasteiger charge is 2.13. The highest BCUT2D eigenvalue weighted by molar-refractivity contribution is 9.10. The summed E-state index contributed by atoms with van der Waals surface area (Å²) < 4.78 is 16.0. The zero-order valence-electron chi connectivity index (χ0n) is 11.0. The van der Waals surface area contributed by atoms with Gasteiger partial charge in [0.2, 0.25) is 0 Å². The summed E-state index contributed by atoms with van der Waals surface area (Å²) in [7, 11) is 0. The normalized spacial score (nSPS) is 11.1. The summed E-state index contributed by atoms with van der Waals surface area (Å²) in [5.74, 6) is 0.197. The van der Waals surface area contributed by atoms with Crippen molar-refractivity contribution >= 4 is 27.5 Å². The Morgan fingerprint density at radius 2 is 2.10 bits per heavy atom. The van der Waals surface area contributed by atoms with E-state index >= 15 is 0 Å². The molecule has 0 fully saturated rings. The highest BCUT2D eigenvalue weighted by atomic mass is 79.9. The topological polar surface area (TPSA) is 34.9 Å². The first kappa shape index (κ1) is 15.2. The molecule has 3 nitrogen and oxygen atoms in total. The number of hydrogen-bond acceptors (Lipinski definition) is 2. The lowest BCUT2D eigenvalue weighted by atomic mass is 10.1. The van der Waals surface area contributed by atoms with Crippen molar-refractivity contribution in [2.24, 2.45) is 0 Å². The van der Waals surface area contributed by atoms with Crippen molar-refractivity contribution in [3.8, 4) is 0 Å². The Morgan fingerprint density at radius 3 is 2.75 bits per heavy atom. The summed E-state index contributed by atoms with van der Waals surface area (Å²) in [5.41, 5.74) is 0.139. The Bertz CT molecular complexity index is 700. The molecule has 0 unspecified atom stereocenters. The van der Waals surface area contributed by atoms with Gasteiger partial charge < -0.3 is 0 Å². The van der Waals surface area contributed by atoms with Gasteiger partial charge in [0.05, 0.1) is 6.54 Å². The zero-order valence-corrected chi connectivity index (χ0v) is 13.4. The van der Waals surface area contributed by atoms with Crippen LogP contribution in [0.1, 0.15) is 31.2 Å². The Labute approximate surface area is 129 Å². The first-order valence-corrected chi connectivity index (χ1v) is 7.27. The molecule has 0 radical (unpaired) electrons. The lowest BCUT2D eigenvalue weighted by molar-refractivity contribution is 0.573. The van der Waals surface area contributed by atoms with Crippen molar-refractivity contribution in [1.29, 1.82) is 0 Å². The third-order valence-corrected chi connectivity index (χ3v) is 3.55. The van der Waals surface area contributed by atoms with E-state index < -0.39 is 0 Å². The van der Waals surface area contributed by atoms with Crippen LogP contribution in [0.5, 0.6) is 0 Å². The summed E-state index contributed by atoms with van der Waals surface area (Å²) in [6.45, 7) is 3.94. The minimum atomic E-state index is -0.357. The van der Waals surface area contributed by atoms with Gasteiger partial charge in [0.15, 0.2) is 0 Å². The van der Waals surface area contributed by atoms with E-state index in [1.54, 1.807) is 12.1 Å². The van der Waals surface area contributed by atoms with E-state index in [4.69, 9.17) is 11.6 Å². The molecular weight excluding hydrogens is 347 g/mol. The van der Waals surface area contributed by atoms with Crippen molar-refractivity contribution in [2.75, 3.05) is 0 Å². The smallest absolute Gasteiger partial charge is 0.255 e. The van der Waals surface area contributed by atoms with Crippen LogP contribution < -0.4 is 5.56 Å². The fourth-order valence-electron chi connectivity index (χ4n) is 1.93. The second-order valence-electron chi connectivity index (χ2n) is 4.75. The standard InChI is InChI=1S/C14H13BrClFN2O/c1-8(2)14-18-12(16)6-13(20)19(14)7-9-5-10(15)3-4-11(9)17/h3-6,8H,7H2,1-2H3. The first-order chi connectivity index (χ1) is 9.38. The minimum absolute atomic E-state index is 0.0108. The van der Waals surface area contributed by atoms with Gasteiger partial charge in [-0.2, -0.15) is 0 Å². The van der Waals surface area contributed by atoms with Gasteiger partial charge in [-0.25, -0.2) is 9.37 Å². The summed E-state index contributed by atoms with van der Waals surface area (Å²) in [6.07, 6.45) is 0. The maximum absolute atomic E-state index is 13.8. The maximum Gasteiger partial charge on any atom is 0.255 e. The highest BCUT2D eigenvalue weighted by Crippen LogP contribution is 2.19. The van der Waals surface area contributed by atoms with Gasteiger partial charge >= 0.3 is 0 Å². The van der Waals surface area contributed by atoms with Gasteiger partial charge in [0.25, 0.3) is 5.56 Å². The van der Waals surface area contributed by atoms with Gasteiger partial charge in [-0.3, -0.25) is 9.36 Å². The zero-order chi connectivity index (χ0) is 14.9. The molecule has 1 aromatic heterocycles. The quantitative estimate of drug-likeness (QED) is 0.777. The van der Waals surface area contributed by atoms with E-state index in [-0.39, 0.29) is 29.0 Å². The molecule has 0 saturated heterocycles. The third kappa shape index (κ3) is 3.27. The van der Waals surface area contributed by atoms with E-state index in [0.29, 0.717) is 11.4 Å². The molecule has 0 N–H and O–H groups in total. The minimum Gasteiger partial charge on any atom is -0.292 e. The lowest BCUT2D eigenvalue weighted by Gasteiger charge is -2.15. The van der Waals surface area contributed by atoms with E-state index in [1.807, 2.05) is 13.8 Å². The monoisotopic (exact) mass is 358 g/mol. The average molecular weight is 360 g/mol. The molecule has 106 valence electrons. The fourth-order valence-corrected chi connectivity index (χ4v) is 2.52. The number of benzene rings is 1. The van der Waals surface area contributed by atoms with E-state index in [0.717, 1.165) is 4.47 Å². The van der Waals surface area contributed by atoms with Crippen molar-refractivity contribution in [3.05, 3.63) is 61.5 Å². The molecule has 0 amide bonds. The molecule has 0 bridgehead atoms. The largest absolute Gasteiger partial charge is 0.292 e. The molecular formula is C14H13BrClFN2O. The van der Waals surface area contributed by atoms with Crippen LogP contribution in [0, 0.1) is 5.82 Å². The SMILES string of the molecule is CC(C)c1nc(Cl)cc(=O)n1Cc1cc(Br)ccc1F. The number of aromatic nitrogens is 2. The number of nitrogens with zero attached hydrogens (tertiary/aromatic N) is 2. The molecule has 0 spiro atoms. The molecule has 1 aromatic carbocycles. The Kier molecular flexibility index (Phi) is 4.60. The van der Waals surface area contributed by atoms with Crippen LogP contribution in [0.4, 0.5) is 4.39 Å². The number of hydrogen-bond donors (Lipinski definition) is 0. The van der Waals surface area contributed by atoms with Crippen LogP contribution in [0.2, 0.25) is 5.15 Å². The molecule has 0 aliphatic heterocycles. The molecule has 6 heteroatoms. The van der Waals surface area contributed by atoms with Crippen LogP contribution in [0.15, 0.2) is 33.5 Å². The van der Waals surface area contributed by atoms with Crippen LogP contribution in [0.3, 0.4) is 0 Å². The van der Waals surface area contributed by atoms with E-state index in [9.17, 15) is 9.18 Å². The predicted molar refractivity (Wildman–Crippen MR) is 80.8 cm³/mol. The fraction of sp³-hybridized carbons (Fsp3) is 0.286. The number of rotatable bonds is 3. The molecule has 2 aromatic rings. The second-order valence-corrected chi connectivity index (χ2v) is 6.05. The van der Waals surface area contributed by atoms with E-state index in [2.05, 4.69) is 20.9 Å². The van der Waals surface area contributed by atoms with Crippen LogP contribution >= 0.6 is 27.5 Å². The number of halogens is 3. The van der Waals surface area contributed by atoms with Gasteiger partial charge in [-0.05, 0) is 18.2 Å². The third-order valence-electron chi connectivity index (χ3n) is 2.86. The van der Waals surface area contributed by atoms with E-state index in [1.165, 1.54) is 16.7 Å². The summed E-state index contributed by atoms with van der Waals surface area (Å²) in [5, 5.41) is 0.157. The molecule has 2 rings (SSSR count). The first-order valence-electron chi connectivity index (χ1n) is 6.09. The Balaban J connectivity index is 2.53. The summed E-state index contributed by atoms with van der Waals surface area (Å²) in [6, 6.07) is 5.87. The van der Waals surface area contributed by atoms with Crippen molar-refractivity contribution < 1.29 is 4.39 Å². The van der Waals surface area contributed by atoms with Gasteiger partial charge in [-0.1, -0.05) is 41.4 Å². The van der Waals surface area contributed by atoms with Crippen LogP contribution in [-0.2, 0) is 6.54 Å². The molecule has 0 aliphatic rings. The summed E-state index contributed by atoms with van der Waals surface area (Å²) >= 11 is 9.12. The Hall–Kier alpha value is -1.20.